The van der Waals surface area contributed by atoms with Crippen molar-refractivity contribution in [2.24, 2.45) is 0 Å². The van der Waals surface area contributed by atoms with Crippen LogP contribution >= 0.6 is 11.6 Å². The van der Waals surface area contributed by atoms with Gasteiger partial charge in [-0.05, 0) is 80.2 Å². The second-order valence-corrected chi connectivity index (χ2v) is 8.50. The summed E-state index contributed by atoms with van der Waals surface area (Å²) in [7, 11) is 4.26. The SMILES string of the molecule is CN(C)C1CCN(c2ccc(NC(=O)Nc3ccc(-c4cccc(Cl)c4)cc3)cc2)C1. The number of hydrogen-bond donors (Lipinski definition) is 2. The van der Waals surface area contributed by atoms with E-state index in [-0.39, 0.29) is 6.03 Å². The number of nitrogens with zero attached hydrogens (tertiary/aromatic N) is 2. The van der Waals surface area contributed by atoms with Gasteiger partial charge in [0.1, 0.15) is 0 Å². The zero-order valence-electron chi connectivity index (χ0n) is 17.8. The molecule has 1 fully saturated rings. The van der Waals surface area contributed by atoms with E-state index in [1.165, 1.54) is 12.1 Å². The Balaban J connectivity index is 1.32. The smallest absolute Gasteiger partial charge is 0.323 e. The van der Waals surface area contributed by atoms with E-state index in [9.17, 15) is 4.79 Å². The normalized spacial score (nSPS) is 15.9. The van der Waals surface area contributed by atoms with Crippen LogP contribution in [-0.4, -0.2) is 44.2 Å². The summed E-state index contributed by atoms with van der Waals surface area (Å²) in [5, 5.41) is 6.47. The van der Waals surface area contributed by atoms with Gasteiger partial charge in [-0.15, -0.1) is 0 Å². The predicted molar refractivity (Wildman–Crippen MR) is 130 cm³/mol. The summed E-state index contributed by atoms with van der Waals surface area (Å²) in [6.07, 6.45) is 1.17. The molecule has 0 bridgehead atoms. The van der Waals surface area contributed by atoms with E-state index >= 15 is 0 Å². The molecule has 3 aromatic rings. The van der Waals surface area contributed by atoms with Gasteiger partial charge in [-0.3, -0.25) is 0 Å². The van der Waals surface area contributed by atoms with Crippen LogP contribution in [0.25, 0.3) is 11.1 Å². The number of rotatable bonds is 5. The van der Waals surface area contributed by atoms with Crippen LogP contribution in [0.2, 0.25) is 5.02 Å². The third-order valence-electron chi connectivity index (χ3n) is 5.68. The zero-order chi connectivity index (χ0) is 21.8. The Bertz CT molecular complexity index is 1030. The first kappa shape index (κ1) is 21.2. The number of anilines is 3. The Hall–Kier alpha value is -3.02. The maximum Gasteiger partial charge on any atom is 0.323 e. The van der Waals surface area contributed by atoms with Crippen molar-refractivity contribution in [3.05, 3.63) is 77.8 Å². The molecule has 0 saturated carbocycles. The molecule has 2 N–H and O–H groups in total. The number of carbonyl (C=O) groups excluding carboxylic acids is 1. The van der Waals surface area contributed by atoms with E-state index < -0.39 is 0 Å². The monoisotopic (exact) mass is 434 g/mol. The van der Waals surface area contributed by atoms with E-state index in [1.807, 2.05) is 60.7 Å². The number of benzene rings is 3. The molecule has 1 saturated heterocycles. The number of urea groups is 1. The Labute approximate surface area is 188 Å². The zero-order valence-corrected chi connectivity index (χ0v) is 18.6. The van der Waals surface area contributed by atoms with E-state index in [1.54, 1.807) is 0 Å². The number of likely N-dealkylation sites (N-methyl/N-ethyl adjacent to an activating group) is 1. The van der Waals surface area contributed by atoms with Crippen LogP contribution in [0.1, 0.15) is 6.42 Å². The van der Waals surface area contributed by atoms with E-state index in [0.29, 0.717) is 11.1 Å². The fourth-order valence-electron chi connectivity index (χ4n) is 3.86. The molecule has 1 atom stereocenters. The first-order chi connectivity index (χ1) is 15.0. The summed E-state index contributed by atoms with van der Waals surface area (Å²) in [6.45, 7) is 2.09. The topological polar surface area (TPSA) is 47.6 Å². The molecule has 0 aromatic heterocycles. The lowest BCUT2D eigenvalue weighted by Gasteiger charge is -2.22. The maximum absolute atomic E-state index is 12.4. The lowest BCUT2D eigenvalue weighted by molar-refractivity contribution is 0.262. The highest BCUT2D eigenvalue weighted by Gasteiger charge is 2.23. The molecule has 1 heterocycles. The largest absolute Gasteiger partial charge is 0.370 e. The fourth-order valence-corrected chi connectivity index (χ4v) is 4.05. The summed E-state index contributed by atoms with van der Waals surface area (Å²) < 4.78 is 0. The molecule has 0 radical (unpaired) electrons. The summed E-state index contributed by atoms with van der Waals surface area (Å²) in [4.78, 5) is 17.0. The van der Waals surface area contributed by atoms with Gasteiger partial charge >= 0.3 is 6.03 Å². The van der Waals surface area contributed by atoms with Crippen molar-refractivity contribution in [1.29, 1.82) is 0 Å². The highest BCUT2D eigenvalue weighted by Crippen LogP contribution is 2.25. The molecule has 1 aliphatic heterocycles. The molecular formula is C25H27ClN4O. The van der Waals surface area contributed by atoms with Gasteiger partial charge in [0.25, 0.3) is 0 Å². The predicted octanol–water partition coefficient (Wildman–Crippen LogP) is 5.79. The number of hydrogen-bond acceptors (Lipinski definition) is 3. The van der Waals surface area contributed by atoms with Crippen molar-refractivity contribution in [2.75, 3.05) is 42.7 Å². The summed E-state index contributed by atoms with van der Waals surface area (Å²) >= 11 is 6.07. The second-order valence-electron chi connectivity index (χ2n) is 8.07. The lowest BCUT2D eigenvalue weighted by atomic mass is 10.1. The molecule has 1 unspecified atom stereocenters. The molecule has 31 heavy (non-hydrogen) atoms. The Kier molecular flexibility index (Phi) is 6.44. The van der Waals surface area contributed by atoms with Crippen LogP contribution in [0.3, 0.4) is 0 Å². The summed E-state index contributed by atoms with van der Waals surface area (Å²) in [5.74, 6) is 0. The minimum absolute atomic E-state index is 0.267. The second kappa shape index (κ2) is 9.41. The van der Waals surface area contributed by atoms with Gasteiger partial charge in [-0.2, -0.15) is 0 Å². The van der Waals surface area contributed by atoms with Crippen LogP contribution in [0.15, 0.2) is 72.8 Å². The van der Waals surface area contributed by atoms with Crippen molar-refractivity contribution in [1.82, 2.24) is 4.90 Å². The Morgan fingerprint density at radius 1 is 0.935 bits per heavy atom. The average molecular weight is 435 g/mol. The van der Waals surface area contributed by atoms with Gasteiger partial charge in [-0.1, -0.05) is 35.9 Å². The standard InChI is InChI=1S/C25H27ClN4O/c1-29(2)24-14-15-30(17-24)23-12-10-22(11-13-23)28-25(31)27-21-8-6-18(7-9-21)19-4-3-5-20(26)16-19/h3-13,16,24H,14-15,17H2,1-2H3,(H2,27,28,31). The highest BCUT2D eigenvalue weighted by molar-refractivity contribution is 6.30. The van der Waals surface area contributed by atoms with E-state index in [2.05, 4.69) is 46.7 Å². The van der Waals surface area contributed by atoms with Gasteiger partial charge in [0.15, 0.2) is 0 Å². The maximum atomic E-state index is 12.4. The Morgan fingerprint density at radius 2 is 1.58 bits per heavy atom. The molecule has 5 nitrogen and oxygen atoms in total. The minimum Gasteiger partial charge on any atom is -0.370 e. The molecule has 1 aliphatic rings. The van der Waals surface area contributed by atoms with Gasteiger partial charge in [0.05, 0.1) is 0 Å². The van der Waals surface area contributed by atoms with Gasteiger partial charge in [0.2, 0.25) is 0 Å². The molecule has 6 heteroatoms. The first-order valence-electron chi connectivity index (χ1n) is 10.4. The molecular weight excluding hydrogens is 408 g/mol. The third kappa shape index (κ3) is 5.37. The van der Waals surface area contributed by atoms with Crippen molar-refractivity contribution >= 4 is 34.7 Å². The van der Waals surface area contributed by atoms with Crippen molar-refractivity contribution in [3.63, 3.8) is 0 Å². The number of nitrogens with one attached hydrogen (secondary N) is 2. The minimum atomic E-state index is -0.267. The van der Waals surface area contributed by atoms with Gasteiger partial charge in [0, 0.05) is 41.2 Å². The van der Waals surface area contributed by atoms with Crippen LogP contribution < -0.4 is 15.5 Å². The van der Waals surface area contributed by atoms with Crippen LogP contribution in [0, 0.1) is 0 Å². The van der Waals surface area contributed by atoms with Crippen molar-refractivity contribution in [2.45, 2.75) is 12.5 Å². The molecule has 160 valence electrons. The van der Waals surface area contributed by atoms with Crippen LogP contribution in [0.5, 0.6) is 0 Å². The first-order valence-corrected chi connectivity index (χ1v) is 10.8. The number of halogens is 1. The van der Waals surface area contributed by atoms with E-state index in [0.717, 1.165) is 35.6 Å². The van der Waals surface area contributed by atoms with Crippen LogP contribution in [0.4, 0.5) is 21.9 Å². The molecule has 0 spiro atoms. The van der Waals surface area contributed by atoms with Crippen molar-refractivity contribution in [3.8, 4) is 11.1 Å². The molecule has 4 rings (SSSR count). The molecule has 3 aromatic carbocycles. The molecule has 2 amide bonds. The lowest BCUT2D eigenvalue weighted by Crippen LogP contribution is -2.31. The summed E-state index contributed by atoms with van der Waals surface area (Å²) in [6, 6.07) is 23.7. The van der Waals surface area contributed by atoms with Crippen molar-refractivity contribution < 1.29 is 4.79 Å². The van der Waals surface area contributed by atoms with E-state index in [4.69, 9.17) is 11.6 Å². The number of amides is 2. The Morgan fingerprint density at radius 3 is 2.16 bits per heavy atom. The average Bonchev–Trinajstić information content (AvgIpc) is 3.25. The molecule has 0 aliphatic carbocycles. The number of carbonyl (C=O) groups is 1. The highest BCUT2D eigenvalue weighted by atomic mass is 35.5. The quantitative estimate of drug-likeness (QED) is 0.534. The van der Waals surface area contributed by atoms with Gasteiger partial charge < -0.3 is 20.4 Å². The summed E-state index contributed by atoms with van der Waals surface area (Å²) in [5.41, 5.74) is 4.76. The fraction of sp³-hybridized carbons (Fsp3) is 0.240. The van der Waals surface area contributed by atoms with Crippen LogP contribution in [-0.2, 0) is 0 Å². The third-order valence-corrected chi connectivity index (χ3v) is 5.92. The van der Waals surface area contributed by atoms with Gasteiger partial charge in [-0.25, -0.2) is 4.79 Å².